The Morgan fingerprint density at radius 3 is 2.82 bits per heavy atom. The predicted molar refractivity (Wildman–Crippen MR) is 91.9 cm³/mol. The Balaban J connectivity index is 1.46. The molecule has 0 aliphatic carbocycles. The fourth-order valence-electron chi connectivity index (χ4n) is 3.59. The molecule has 1 aromatic carbocycles. The first kappa shape index (κ1) is 16.2. The Morgan fingerprint density at radius 2 is 2.09 bits per heavy atom. The monoisotopic (exact) mass is 322 g/mol. The topological polar surface area (TPSA) is 39.3 Å². The van der Waals surface area contributed by atoms with Gasteiger partial charge in [0.15, 0.2) is 0 Å². The fourth-order valence-corrected chi connectivity index (χ4v) is 3.72. The van der Waals surface area contributed by atoms with Crippen molar-refractivity contribution in [3.05, 3.63) is 34.9 Å². The second-order valence-corrected chi connectivity index (χ2v) is 6.96. The summed E-state index contributed by atoms with van der Waals surface area (Å²) in [6.45, 7) is 9.16. The summed E-state index contributed by atoms with van der Waals surface area (Å²) in [5.41, 5.74) is 8.00. The highest BCUT2D eigenvalue weighted by Gasteiger charge is 2.28. The Labute approximate surface area is 138 Å². The summed E-state index contributed by atoms with van der Waals surface area (Å²) in [5.74, 6) is 1.39. The molecule has 2 aliphatic heterocycles. The number of halogens is 1. The van der Waals surface area contributed by atoms with Crippen LogP contribution in [-0.4, -0.2) is 44.2 Å². The number of nitrogens with one attached hydrogen (secondary N) is 3. The van der Waals surface area contributed by atoms with Crippen LogP contribution < -0.4 is 16.2 Å². The van der Waals surface area contributed by atoms with Gasteiger partial charge in [-0.25, -0.2) is 5.43 Å². The standard InChI is InChI=1S/C17H27ClN4/c1-2-22-8-7-13(12-22)9-19-10-15-11-20-21-17(15)14-3-5-16(18)6-4-14/h3-6,13,15,17,19-21H,2,7-12H2,1H3. The van der Waals surface area contributed by atoms with Gasteiger partial charge in [0.05, 0.1) is 6.04 Å². The third kappa shape index (κ3) is 4.00. The van der Waals surface area contributed by atoms with Gasteiger partial charge in [-0.2, -0.15) is 0 Å². The highest BCUT2D eigenvalue weighted by Crippen LogP contribution is 2.25. The zero-order valence-electron chi connectivity index (χ0n) is 13.3. The maximum Gasteiger partial charge on any atom is 0.0515 e. The van der Waals surface area contributed by atoms with E-state index in [1.807, 2.05) is 12.1 Å². The fraction of sp³-hybridized carbons (Fsp3) is 0.647. The first-order chi connectivity index (χ1) is 10.8. The van der Waals surface area contributed by atoms with Crippen LogP contribution in [0.4, 0.5) is 0 Å². The van der Waals surface area contributed by atoms with Crippen LogP contribution in [0.1, 0.15) is 24.9 Å². The molecular formula is C17H27ClN4. The molecule has 0 amide bonds. The van der Waals surface area contributed by atoms with Gasteiger partial charge < -0.3 is 10.2 Å². The zero-order valence-corrected chi connectivity index (χ0v) is 14.1. The Bertz CT molecular complexity index is 464. The average molecular weight is 323 g/mol. The lowest BCUT2D eigenvalue weighted by Crippen LogP contribution is -2.32. The maximum absolute atomic E-state index is 5.98. The minimum absolute atomic E-state index is 0.362. The second kappa shape index (κ2) is 7.75. The normalized spacial score (nSPS) is 29.3. The van der Waals surface area contributed by atoms with Crippen molar-refractivity contribution in [1.29, 1.82) is 0 Å². The highest BCUT2D eigenvalue weighted by atomic mass is 35.5. The average Bonchev–Trinajstić information content (AvgIpc) is 3.17. The summed E-state index contributed by atoms with van der Waals surface area (Å²) in [4.78, 5) is 2.54. The number of hydrogen-bond donors (Lipinski definition) is 3. The van der Waals surface area contributed by atoms with Crippen molar-refractivity contribution in [2.24, 2.45) is 11.8 Å². The van der Waals surface area contributed by atoms with E-state index in [1.165, 1.54) is 31.6 Å². The molecule has 22 heavy (non-hydrogen) atoms. The van der Waals surface area contributed by atoms with E-state index in [1.54, 1.807) is 0 Å². The third-order valence-corrected chi connectivity index (χ3v) is 5.23. The molecule has 0 aromatic heterocycles. The van der Waals surface area contributed by atoms with E-state index in [9.17, 15) is 0 Å². The van der Waals surface area contributed by atoms with Crippen LogP contribution >= 0.6 is 11.6 Å². The molecule has 3 atom stereocenters. The number of likely N-dealkylation sites (tertiary alicyclic amines) is 1. The van der Waals surface area contributed by atoms with Crippen molar-refractivity contribution < 1.29 is 0 Å². The SMILES string of the molecule is CCN1CCC(CNCC2CNNC2c2ccc(Cl)cc2)C1. The highest BCUT2D eigenvalue weighted by molar-refractivity contribution is 6.30. The van der Waals surface area contributed by atoms with Crippen LogP contribution in [0, 0.1) is 11.8 Å². The van der Waals surface area contributed by atoms with Crippen molar-refractivity contribution >= 4 is 11.6 Å². The van der Waals surface area contributed by atoms with Gasteiger partial charge in [0.2, 0.25) is 0 Å². The minimum atomic E-state index is 0.362. The number of benzene rings is 1. The van der Waals surface area contributed by atoms with E-state index in [0.29, 0.717) is 12.0 Å². The van der Waals surface area contributed by atoms with Crippen LogP contribution in [0.15, 0.2) is 24.3 Å². The molecule has 3 rings (SSSR count). The Kier molecular flexibility index (Phi) is 5.71. The molecule has 0 bridgehead atoms. The minimum Gasteiger partial charge on any atom is -0.316 e. The van der Waals surface area contributed by atoms with E-state index in [-0.39, 0.29) is 0 Å². The van der Waals surface area contributed by atoms with Gasteiger partial charge in [-0.05, 0) is 49.7 Å². The largest absolute Gasteiger partial charge is 0.316 e. The quantitative estimate of drug-likeness (QED) is 0.749. The van der Waals surface area contributed by atoms with Crippen LogP contribution in [0.25, 0.3) is 0 Å². The van der Waals surface area contributed by atoms with Crippen LogP contribution in [0.3, 0.4) is 0 Å². The number of hydrogen-bond acceptors (Lipinski definition) is 4. The van der Waals surface area contributed by atoms with Gasteiger partial charge in [0.25, 0.3) is 0 Å². The molecule has 0 radical (unpaired) electrons. The molecule has 0 spiro atoms. The third-order valence-electron chi connectivity index (χ3n) is 4.98. The maximum atomic E-state index is 5.98. The van der Waals surface area contributed by atoms with Crippen molar-refractivity contribution in [2.45, 2.75) is 19.4 Å². The van der Waals surface area contributed by atoms with Gasteiger partial charge >= 0.3 is 0 Å². The molecule has 2 heterocycles. The Morgan fingerprint density at radius 1 is 1.27 bits per heavy atom. The predicted octanol–water partition coefficient (Wildman–Crippen LogP) is 2.04. The van der Waals surface area contributed by atoms with Gasteiger partial charge in [-0.15, -0.1) is 0 Å². The molecule has 5 heteroatoms. The number of rotatable bonds is 6. The summed E-state index contributed by atoms with van der Waals surface area (Å²) in [5, 5.41) is 4.49. The Hall–Kier alpha value is -0.650. The van der Waals surface area contributed by atoms with Crippen LogP contribution in [0.5, 0.6) is 0 Å². The molecular weight excluding hydrogens is 296 g/mol. The second-order valence-electron chi connectivity index (χ2n) is 6.52. The van der Waals surface area contributed by atoms with Crippen molar-refractivity contribution in [2.75, 3.05) is 39.3 Å². The lowest BCUT2D eigenvalue weighted by Gasteiger charge is -2.20. The summed E-state index contributed by atoms with van der Waals surface area (Å²) >= 11 is 5.98. The molecule has 3 unspecified atom stereocenters. The number of hydrazine groups is 1. The molecule has 2 aliphatic rings. The number of nitrogens with zero attached hydrogens (tertiary/aromatic N) is 1. The molecule has 2 saturated heterocycles. The smallest absolute Gasteiger partial charge is 0.0515 e. The molecule has 0 saturated carbocycles. The van der Waals surface area contributed by atoms with Crippen molar-refractivity contribution in [1.82, 2.24) is 21.1 Å². The van der Waals surface area contributed by atoms with Crippen LogP contribution in [-0.2, 0) is 0 Å². The van der Waals surface area contributed by atoms with E-state index >= 15 is 0 Å². The van der Waals surface area contributed by atoms with Crippen molar-refractivity contribution in [3.63, 3.8) is 0 Å². The molecule has 122 valence electrons. The summed E-state index contributed by atoms with van der Waals surface area (Å²) in [6, 6.07) is 8.55. The molecule has 2 fully saturated rings. The van der Waals surface area contributed by atoms with E-state index < -0.39 is 0 Å². The van der Waals surface area contributed by atoms with E-state index in [4.69, 9.17) is 11.6 Å². The van der Waals surface area contributed by atoms with Gasteiger partial charge in [-0.1, -0.05) is 30.7 Å². The first-order valence-corrected chi connectivity index (χ1v) is 8.81. The lowest BCUT2D eigenvalue weighted by atomic mass is 9.95. The van der Waals surface area contributed by atoms with Crippen molar-refractivity contribution in [3.8, 4) is 0 Å². The van der Waals surface area contributed by atoms with E-state index in [2.05, 4.69) is 40.1 Å². The van der Waals surface area contributed by atoms with Gasteiger partial charge in [-0.3, -0.25) is 5.43 Å². The van der Waals surface area contributed by atoms with Crippen LogP contribution in [0.2, 0.25) is 5.02 Å². The molecule has 1 aromatic rings. The molecule has 3 N–H and O–H groups in total. The first-order valence-electron chi connectivity index (χ1n) is 8.43. The summed E-state index contributed by atoms with van der Waals surface area (Å²) in [7, 11) is 0. The zero-order chi connectivity index (χ0) is 15.4. The summed E-state index contributed by atoms with van der Waals surface area (Å²) in [6.07, 6.45) is 1.34. The van der Waals surface area contributed by atoms with Gasteiger partial charge in [0, 0.05) is 30.6 Å². The van der Waals surface area contributed by atoms with E-state index in [0.717, 1.165) is 30.6 Å². The summed E-state index contributed by atoms with van der Waals surface area (Å²) < 4.78 is 0. The van der Waals surface area contributed by atoms with Gasteiger partial charge in [0.1, 0.15) is 0 Å². The molecule has 4 nitrogen and oxygen atoms in total. The lowest BCUT2D eigenvalue weighted by molar-refractivity contribution is 0.335.